The summed E-state index contributed by atoms with van der Waals surface area (Å²) in [5, 5.41) is 18.1. The Kier molecular flexibility index (Phi) is 3.33. The van der Waals surface area contributed by atoms with Crippen LogP contribution in [-0.2, 0) is 0 Å². The Balaban J connectivity index is 1.71. The van der Waals surface area contributed by atoms with Crippen molar-refractivity contribution in [3.05, 3.63) is 17.8 Å². The highest BCUT2D eigenvalue weighted by Gasteiger charge is 2.42. The second kappa shape index (κ2) is 5.01. The molecule has 0 radical (unpaired) electrons. The lowest BCUT2D eigenvalue weighted by molar-refractivity contribution is 0.0821. The van der Waals surface area contributed by atoms with Gasteiger partial charge >= 0.3 is 0 Å². The molecule has 1 aliphatic heterocycles. The standard InChI is InChI=1S/C14H20N4O2/c1-17(2)14(20)11-4-6-13(16-15-11)18-7-9-3-5-12(19)10(9)8-18/h4,6,9-10,12,19H,3,5,7-8H2,1-2H3. The molecule has 0 spiro atoms. The Bertz CT molecular complexity index is 502. The van der Waals surface area contributed by atoms with Gasteiger partial charge in [-0.15, -0.1) is 10.2 Å². The topological polar surface area (TPSA) is 69.6 Å². The number of carbonyl (C=O) groups is 1. The van der Waals surface area contributed by atoms with Crippen molar-refractivity contribution in [1.82, 2.24) is 15.1 Å². The van der Waals surface area contributed by atoms with Crippen LogP contribution < -0.4 is 4.90 Å². The van der Waals surface area contributed by atoms with Crippen molar-refractivity contribution in [3.8, 4) is 0 Å². The van der Waals surface area contributed by atoms with Crippen LogP contribution in [0.15, 0.2) is 12.1 Å². The van der Waals surface area contributed by atoms with Crippen molar-refractivity contribution in [2.45, 2.75) is 18.9 Å². The Hall–Kier alpha value is -1.69. The van der Waals surface area contributed by atoms with E-state index in [0.29, 0.717) is 17.5 Å². The average Bonchev–Trinajstić information content (AvgIpc) is 3.01. The number of aliphatic hydroxyl groups is 1. The molecule has 1 aromatic rings. The maximum Gasteiger partial charge on any atom is 0.273 e. The van der Waals surface area contributed by atoms with Crippen molar-refractivity contribution in [3.63, 3.8) is 0 Å². The Morgan fingerprint density at radius 2 is 2.10 bits per heavy atom. The second-order valence-corrected chi connectivity index (χ2v) is 5.95. The van der Waals surface area contributed by atoms with Crippen LogP contribution in [0.1, 0.15) is 23.3 Å². The lowest BCUT2D eigenvalue weighted by Crippen LogP contribution is -2.26. The van der Waals surface area contributed by atoms with Gasteiger partial charge < -0.3 is 14.9 Å². The average molecular weight is 276 g/mol. The summed E-state index contributed by atoms with van der Waals surface area (Å²) in [5.74, 6) is 1.58. The maximum atomic E-state index is 11.8. The lowest BCUT2D eigenvalue weighted by Gasteiger charge is -2.19. The highest BCUT2D eigenvalue weighted by molar-refractivity contribution is 5.91. The number of aromatic nitrogens is 2. The summed E-state index contributed by atoms with van der Waals surface area (Å²) in [7, 11) is 3.39. The van der Waals surface area contributed by atoms with Gasteiger partial charge in [0.2, 0.25) is 0 Å². The minimum Gasteiger partial charge on any atom is -0.393 e. The molecule has 1 amide bonds. The van der Waals surface area contributed by atoms with Gasteiger partial charge in [-0.25, -0.2) is 0 Å². The summed E-state index contributed by atoms with van der Waals surface area (Å²) in [6, 6.07) is 3.56. The van der Waals surface area contributed by atoms with E-state index in [1.807, 2.05) is 6.07 Å². The first-order chi connectivity index (χ1) is 9.56. The van der Waals surface area contributed by atoms with E-state index in [-0.39, 0.29) is 12.0 Å². The van der Waals surface area contributed by atoms with Gasteiger partial charge in [0.1, 0.15) is 0 Å². The summed E-state index contributed by atoms with van der Waals surface area (Å²) in [5.41, 5.74) is 0.359. The van der Waals surface area contributed by atoms with E-state index in [1.54, 1.807) is 20.2 Å². The molecule has 0 bridgehead atoms. The van der Waals surface area contributed by atoms with E-state index in [2.05, 4.69) is 15.1 Å². The third-order valence-electron chi connectivity index (χ3n) is 4.42. The van der Waals surface area contributed by atoms with Crippen molar-refractivity contribution in [2.24, 2.45) is 11.8 Å². The minimum absolute atomic E-state index is 0.141. The van der Waals surface area contributed by atoms with Crippen molar-refractivity contribution < 1.29 is 9.90 Å². The summed E-state index contributed by atoms with van der Waals surface area (Å²) in [6.45, 7) is 1.76. The van der Waals surface area contributed by atoms with Crippen LogP contribution in [0.5, 0.6) is 0 Å². The molecule has 108 valence electrons. The van der Waals surface area contributed by atoms with E-state index in [0.717, 1.165) is 31.7 Å². The van der Waals surface area contributed by atoms with E-state index >= 15 is 0 Å². The lowest BCUT2D eigenvalue weighted by atomic mass is 10.00. The van der Waals surface area contributed by atoms with Gasteiger partial charge in [-0.2, -0.15) is 0 Å². The summed E-state index contributed by atoms with van der Waals surface area (Å²) in [6.07, 6.45) is 1.84. The van der Waals surface area contributed by atoms with Crippen LogP contribution >= 0.6 is 0 Å². The van der Waals surface area contributed by atoms with Gasteiger partial charge in [-0.1, -0.05) is 0 Å². The zero-order valence-corrected chi connectivity index (χ0v) is 11.9. The molecule has 6 nitrogen and oxygen atoms in total. The van der Waals surface area contributed by atoms with Crippen LogP contribution in [-0.4, -0.2) is 59.4 Å². The quantitative estimate of drug-likeness (QED) is 0.846. The zero-order chi connectivity index (χ0) is 14.3. The number of hydrogen-bond donors (Lipinski definition) is 1. The molecule has 20 heavy (non-hydrogen) atoms. The van der Waals surface area contributed by atoms with Crippen LogP contribution in [0, 0.1) is 11.8 Å². The molecule has 0 aromatic carbocycles. The maximum absolute atomic E-state index is 11.8. The highest BCUT2D eigenvalue weighted by Crippen LogP contribution is 2.39. The van der Waals surface area contributed by atoms with Gasteiger partial charge in [0.25, 0.3) is 5.91 Å². The van der Waals surface area contributed by atoms with Crippen LogP contribution in [0.2, 0.25) is 0 Å². The van der Waals surface area contributed by atoms with Gasteiger partial charge in [-0.3, -0.25) is 4.79 Å². The van der Waals surface area contributed by atoms with Gasteiger partial charge in [0.05, 0.1) is 6.10 Å². The van der Waals surface area contributed by atoms with E-state index in [1.165, 1.54) is 4.90 Å². The number of hydrogen-bond acceptors (Lipinski definition) is 5. The predicted octanol–water partition coefficient (Wildman–Crippen LogP) is 0.386. The smallest absolute Gasteiger partial charge is 0.273 e. The highest BCUT2D eigenvalue weighted by atomic mass is 16.3. The molecule has 3 atom stereocenters. The van der Waals surface area contributed by atoms with Crippen molar-refractivity contribution in [1.29, 1.82) is 0 Å². The molecular formula is C14H20N4O2. The number of anilines is 1. The number of aliphatic hydroxyl groups excluding tert-OH is 1. The van der Waals surface area contributed by atoms with E-state index < -0.39 is 0 Å². The summed E-state index contributed by atoms with van der Waals surface area (Å²) >= 11 is 0. The fourth-order valence-electron chi connectivity index (χ4n) is 3.26. The number of nitrogens with zero attached hydrogens (tertiary/aromatic N) is 4. The molecular weight excluding hydrogens is 256 g/mol. The largest absolute Gasteiger partial charge is 0.393 e. The first-order valence-corrected chi connectivity index (χ1v) is 7.04. The van der Waals surface area contributed by atoms with Gasteiger partial charge in [-0.05, 0) is 30.9 Å². The van der Waals surface area contributed by atoms with Crippen molar-refractivity contribution in [2.75, 3.05) is 32.1 Å². The van der Waals surface area contributed by atoms with E-state index in [4.69, 9.17) is 0 Å². The molecule has 2 heterocycles. The molecule has 1 saturated heterocycles. The molecule has 2 aliphatic rings. The Morgan fingerprint density at radius 1 is 1.30 bits per heavy atom. The monoisotopic (exact) mass is 276 g/mol. The summed E-state index contributed by atoms with van der Waals surface area (Å²) < 4.78 is 0. The molecule has 6 heteroatoms. The Morgan fingerprint density at radius 3 is 2.70 bits per heavy atom. The molecule has 3 rings (SSSR count). The van der Waals surface area contributed by atoms with E-state index in [9.17, 15) is 9.90 Å². The third kappa shape index (κ3) is 2.24. The van der Waals surface area contributed by atoms with Crippen molar-refractivity contribution >= 4 is 11.7 Å². The fourth-order valence-corrected chi connectivity index (χ4v) is 3.26. The third-order valence-corrected chi connectivity index (χ3v) is 4.42. The van der Waals surface area contributed by atoms with Crippen LogP contribution in [0.4, 0.5) is 5.82 Å². The van der Waals surface area contributed by atoms with Gasteiger partial charge in [0, 0.05) is 33.1 Å². The number of rotatable bonds is 2. The normalized spacial score (nSPS) is 28.6. The molecule has 1 aromatic heterocycles. The number of amides is 1. The fraction of sp³-hybridized carbons (Fsp3) is 0.643. The first kappa shape index (κ1) is 13.3. The molecule has 1 N–H and O–H groups in total. The minimum atomic E-state index is -0.174. The molecule has 3 unspecified atom stereocenters. The van der Waals surface area contributed by atoms with Gasteiger partial charge in [0.15, 0.2) is 11.5 Å². The number of fused-ring (bicyclic) bond motifs is 1. The summed E-state index contributed by atoms with van der Waals surface area (Å²) in [4.78, 5) is 15.4. The number of carbonyl (C=O) groups excluding carboxylic acids is 1. The molecule has 1 saturated carbocycles. The SMILES string of the molecule is CN(C)C(=O)c1ccc(N2CC3CCC(O)C3C2)nn1. The second-order valence-electron chi connectivity index (χ2n) is 5.95. The molecule has 1 aliphatic carbocycles. The first-order valence-electron chi connectivity index (χ1n) is 7.04. The molecule has 2 fully saturated rings. The zero-order valence-electron chi connectivity index (χ0n) is 11.9. The van der Waals surface area contributed by atoms with Crippen LogP contribution in [0.3, 0.4) is 0 Å². The predicted molar refractivity (Wildman–Crippen MR) is 74.5 cm³/mol. The van der Waals surface area contributed by atoms with Crippen LogP contribution in [0.25, 0.3) is 0 Å². The Labute approximate surface area is 118 Å².